The van der Waals surface area contributed by atoms with Gasteiger partial charge in [-0.25, -0.2) is 4.79 Å². The highest BCUT2D eigenvalue weighted by Gasteiger charge is 2.49. The van der Waals surface area contributed by atoms with Crippen LogP contribution < -0.4 is 0 Å². The summed E-state index contributed by atoms with van der Waals surface area (Å²) in [5.74, 6) is -0.0836. The number of ether oxygens (including phenoxy) is 1. The second kappa shape index (κ2) is 4.08. The lowest BCUT2D eigenvalue weighted by atomic mass is 9.82. The molecule has 1 unspecified atom stereocenters. The van der Waals surface area contributed by atoms with Crippen LogP contribution in [0.1, 0.15) is 36.5 Å². The molecule has 0 N–H and O–H groups in total. The maximum atomic E-state index is 12.3. The van der Waals surface area contributed by atoms with Crippen LogP contribution in [0.15, 0.2) is 60.2 Å². The van der Waals surface area contributed by atoms with Crippen molar-refractivity contribution in [1.82, 2.24) is 0 Å². The van der Waals surface area contributed by atoms with Crippen LogP contribution in [0.5, 0.6) is 0 Å². The Bertz CT molecular complexity index is 769. The average molecular weight is 276 g/mol. The molecule has 2 aromatic rings. The molecule has 0 bridgehead atoms. The molecule has 4 rings (SSSR count). The maximum absolute atomic E-state index is 12.3. The number of carbonyl (C=O) groups is 1. The number of hydrogen-bond acceptors (Lipinski definition) is 2. The van der Waals surface area contributed by atoms with Crippen molar-refractivity contribution >= 4 is 11.5 Å². The van der Waals surface area contributed by atoms with E-state index in [1.54, 1.807) is 0 Å². The summed E-state index contributed by atoms with van der Waals surface area (Å²) < 4.78 is 5.61. The monoisotopic (exact) mass is 276 g/mol. The number of fused-ring (bicyclic) bond motifs is 2. The lowest BCUT2D eigenvalue weighted by Crippen LogP contribution is -2.27. The van der Waals surface area contributed by atoms with Crippen LogP contribution in [0.4, 0.5) is 0 Å². The van der Waals surface area contributed by atoms with Gasteiger partial charge in [0.2, 0.25) is 0 Å². The Morgan fingerprint density at radius 1 is 0.952 bits per heavy atom. The fourth-order valence-electron chi connectivity index (χ4n) is 3.62. The lowest BCUT2D eigenvalue weighted by molar-refractivity contribution is -0.142. The molecule has 2 heteroatoms. The van der Waals surface area contributed by atoms with Gasteiger partial charge in [0, 0.05) is 5.92 Å². The Kier molecular flexibility index (Phi) is 2.41. The molecule has 1 aliphatic heterocycles. The highest BCUT2D eigenvalue weighted by Crippen LogP contribution is 2.54. The molecule has 1 heterocycles. The molecule has 1 aliphatic carbocycles. The minimum Gasteiger partial charge on any atom is -0.451 e. The number of cyclic esters (lactones) is 1. The van der Waals surface area contributed by atoms with Gasteiger partial charge in [-0.15, -0.1) is 0 Å². The van der Waals surface area contributed by atoms with Crippen molar-refractivity contribution in [3.8, 4) is 0 Å². The van der Waals surface area contributed by atoms with Crippen LogP contribution in [0.3, 0.4) is 0 Å². The third-order valence-corrected chi connectivity index (χ3v) is 4.43. The van der Waals surface area contributed by atoms with Crippen molar-refractivity contribution in [3.63, 3.8) is 0 Å². The van der Waals surface area contributed by atoms with Gasteiger partial charge < -0.3 is 4.74 Å². The number of benzene rings is 2. The van der Waals surface area contributed by atoms with E-state index in [2.05, 4.69) is 18.2 Å². The first-order valence-corrected chi connectivity index (χ1v) is 7.22. The molecule has 0 spiro atoms. The first kappa shape index (κ1) is 12.4. The van der Waals surface area contributed by atoms with Gasteiger partial charge in [-0.2, -0.15) is 0 Å². The van der Waals surface area contributed by atoms with Gasteiger partial charge in [0.15, 0.2) is 0 Å². The van der Waals surface area contributed by atoms with Crippen LogP contribution in [-0.2, 0) is 9.53 Å². The van der Waals surface area contributed by atoms with Crippen LogP contribution in [0, 0.1) is 0 Å². The Morgan fingerprint density at radius 3 is 2.38 bits per heavy atom. The van der Waals surface area contributed by atoms with E-state index in [0.29, 0.717) is 0 Å². The zero-order valence-electron chi connectivity index (χ0n) is 12.1. The second-order valence-corrected chi connectivity index (χ2v) is 6.12. The fraction of sp³-hybridized carbons (Fsp3) is 0.211. The van der Waals surface area contributed by atoms with E-state index in [9.17, 15) is 4.79 Å². The summed E-state index contributed by atoms with van der Waals surface area (Å²) in [6.07, 6.45) is 0. The van der Waals surface area contributed by atoms with E-state index in [0.717, 1.165) is 16.7 Å². The molecule has 0 saturated heterocycles. The van der Waals surface area contributed by atoms with Crippen molar-refractivity contribution in [2.24, 2.45) is 0 Å². The number of rotatable bonds is 1. The molecule has 0 amide bonds. The molecular weight excluding hydrogens is 260 g/mol. The maximum Gasteiger partial charge on any atom is 0.339 e. The zero-order valence-corrected chi connectivity index (χ0v) is 12.1. The summed E-state index contributed by atoms with van der Waals surface area (Å²) in [4.78, 5) is 12.3. The first-order chi connectivity index (χ1) is 10.1. The zero-order chi connectivity index (χ0) is 14.6. The van der Waals surface area contributed by atoms with Gasteiger partial charge in [0.05, 0.1) is 5.57 Å². The van der Waals surface area contributed by atoms with Crippen LogP contribution in [0.2, 0.25) is 0 Å². The molecule has 2 aromatic carbocycles. The van der Waals surface area contributed by atoms with Crippen molar-refractivity contribution < 1.29 is 9.53 Å². The highest BCUT2D eigenvalue weighted by molar-refractivity contribution is 6.22. The molecule has 1 atom stereocenters. The Balaban J connectivity index is 2.02. The summed E-state index contributed by atoms with van der Waals surface area (Å²) in [6, 6.07) is 18.5. The van der Waals surface area contributed by atoms with E-state index in [1.165, 1.54) is 11.1 Å². The van der Waals surface area contributed by atoms with E-state index >= 15 is 0 Å². The molecule has 0 fully saturated rings. The molecule has 2 aliphatic rings. The van der Waals surface area contributed by atoms with Crippen LogP contribution in [0.25, 0.3) is 5.57 Å². The SMILES string of the molecule is CC1(C)OC(=O)C2=C1C(c1ccccc1)c1ccccc12. The summed E-state index contributed by atoms with van der Waals surface area (Å²) in [5, 5.41) is 0. The predicted molar refractivity (Wildman–Crippen MR) is 81.8 cm³/mol. The van der Waals surface area contributed by atoms with E-state index in [1.807, 2.05) is 50.2 Å². The van der Waals surface area contributed by atoms with Crippen molar-refractivity contribution in [1.29, 1.82) is 0 Å². The fourth-order valence-corrected chi connectivity index (χ4v) is 3.62. The summed E-state index contributed by atoms with van der Waals surface area (Å²) in [7, 11) is 0. The smallest absolute Gasteiger partial charge is 0.339 e. The van der Waals surface area contributed by atoms with E-state index < -0.39 is 5.60 Å². The van der Waals surface area contributed by atoms with Gasteiger partial charge in [-0.1, -0.05) is 54.6 Å². The largest absolute Gasteiger partial charge is 0.451 e. The van der Waals surface area contributed by atoms with Gasteiger partial charge >= 0.3 is 5.97 Å². The van der Waals surface area contributed by atoms with Gasteiger partial charge in [-0.3, -0.25) is 0 Å². The number of carbonyl (C=O) groups excluding carboxylic acids is 1. The van der Waals surface area contributed by atoms with Crippen molar-refractivity contribution in [2.75, 3.05) is 0 Å². The average Bonchev–Trinajstić information content (AvgIpc) is 2.94. The molecule has 2 nitrogen and oxygen atoms in total. The summed E-state index contributed by atoms with van der Waals surface area (Å²) in [5.41, 5.74) is 4.76. The quantitative estimate of drug-likeness (QED) is 0.738. The molecular formula is C19H16O2. The van der Waals surface area contributed by atoms with Gasteiger partial charge in [-0.05, 0) is 36.1 Å². The number of hydrogen-bond donors (Lipinski definition) is 0. The minimum absolute atomic E-state index is 0.110. The Labute approximate surface area is 124 Å². The molecule has 0 radical (unpaired) electrons. The molecule has 104 valence electrons. The standard InChI is InChI=1S/C19H16O2/c1-19(2)17-15(12-8-4-3-5-9-12)13-10-6-7-11-14(13)16(17)18(20)21-19/h3-11,15H,1-2H3. The van der Waals surface area contributed by atoms with Crippen LogP contribution in [-0.4, -0.2) is 11.6 Å². The third kappa shape index (κ3) is 1.62. The first-order valence-electron chi connectivity index (χ1n) is 7.22. The van der Waals surface area contributed by atoms with Crippen molar-refractivity contribution in [2.45, 2.75) is 25.4 Å². The predicted octanol–water partition coefficient (Wildman–Crippen LogP) is 3.92. The molecule has 0 saturated carbocycles. The van der Waals surface area contributed by atoms with Crippen molar-refractivity contribution in [3.05, 3.63) is 76.9 Å². The van der Waals surface area contributed by atoms with E-state index in [-0.39, 0.29) is 11.9 Å². The van der Waals surface area contributed by atoms with E-state index in [4.69, 9.17) is 4.74 Å². The van der Waals surface area contributed by atoms with Gasteiger partial charge in [0.1, 0.15) is 5.60 Å². The second-order valence-electron chi connectivity index (χ2n) is 6.12. The molecule has 21 heavy (non-hydrogen) atoms. The molecule has 0 aromatic heterocycles. The van der Waals surface area contributed by atoms with Gasteiger partial charge in [0.25, 0.3) is 0 Å². The number of esters is 1. The topological polar surface area (TPSA) is 26.3 Å². The third-order valence-electron chi connectivity index (χ3n) is 4.43. The Morgan fingerprint density at radius 2 is 1.62 bits per heavy atom. The Hall–Kier alpha value is -2.35. The van der Waals surface area contributed by atoms with Crippen LogP contribution >= 0.6 is 0 Å². The normalized spacial score (nSPS) is 22.0. The highest BCUT2D eigenvalue weighted by atomic mass is 16.6. The lowest BCUT2D eigenvalue weighted by Gasteiger charge is -2.27. The minimum atomic E-state index is -0.550. The summed E-state index contributed by atoms with van der Waals surface area (Å²) in [6.45, 7) is 3.96. The summed E-state index contributed by atoms with van der Waals surface area (Å²) >= 11 is 0.